The number of hydrogen-bond acceptors (Lipinski definition) is 3. The van der Waals surface area contributed by atoms with Gasteiger partial charge in [0.2, 0.25) is 0 Å². The molecule has 1 amide bonds. The molecule has 0 saturated carbocycles. The topological polar surface area (TPSA) is 50.2 Å². The van der Waals surface area contributed by atoms with Crippen LogP contribution in [-0.4, -0.2) is 41.2 Å². The molecule has 1 unspecified atom stereocenters. The Hall–Kier alpha value is -1.73. The second-order valence-electron chi connectivity index (χ2n) is 5.63. The van der Waals surface area contributed by atoms with Gasteiger partial charge in [0.15, 0.2) is 0 Å². The standard InChI is InChI=1S/C16H20BrFN4O/c1-21(2)9-8-14(11-4-6-12(18)7-5-11)20-16(23)15-13(17)10-19-22(15)3/h4-7,10,14H,8-9H2,1-3H3,(H,20,23). The molecule has 124 valence electrons. The van der Waals surface area contributed by atoms with Crippen molar-refractivity contribution < 1.29 is 9.18 Å². The molecule has 1 N–H and O–H groups in total. The van der Waals surface area contributed by atoms with E-state index in [1.165, 1.54) is 16.8 Å². The van der Waals surface area contributed by atoms with Crippen LogP contribution in [0.2, 0.25) is 0 Å². The van der Waals surface area contributed by atoms with Crippen molar-refractivity contribution in [2.75, 3.05) is 20.6 Å². The summed E-state index contributed by atoms with van der Waals surface area (Å²) in [7, 11) is 5.66. The van der Waals surface area contributed by atoms with Gasteiger partial charge in [0.25, 0.3) is 5.91 Å². The number of amides is 1. The van der Waals surface area contributed by atoms with Crippen molar-refractivity contribution in [1.29, 1.82) is 0 Å². The van der Waals surface area contributed by atoms with Gasteiger partial charge in [-0.05, 0) is 60.7 Å². The van der Waals surface area contributed by atoms with Crippen molar-refractivity contribution in [1.82, 2.24) is 20.0 Å². The molecule has 7 heteroatoms. The SMILES string of the molecule is CN(C)CCC(NC(=O)c1c(Br)cnn1C)c1ccc(F)cc1. The minimum Gasteiger partial charge on any atom is -0.344 e. The van der Waals surface area contributed by atoms with Crippen LogP contribution in [0, 0.1) is 5.82 Å². The lowest BCUT2D eigenvalue weighted by Crippen LogP contribution is -2.32. The fraction of sp³-hybridized carbons (Fsp3) is 0.375. The third-order valence-electron chi connectivity index (χ3n) is 3.55. The molecule has 0 bridgehead atoms. The van der Waals surface area contributed by atoms with E-state index >= 15 is 0 Å². The lowest BCUT2D eigenvalue weighted by atomic mass is 10.0. The number of aryl methyl sites for hydroxylation is 1. The van der Waals surface area contributed by atoms with E-state index in [9.17, 15) is 9.18 Å². The minimum atomic E-state index is -0.291. The second-order valence-corrected chi connectivity index (χ2v) is 6.49. The molecule has 2 aromatic rings. The third kappa shape index (κ3) is 4.62. The maximum Gasteiger partial charge on any atom is 0.271 e. The number of nitrogens with zero attached hydrogens (tertiary/aromatic N) is 3. The van der Waals surface area contributed by atoms with E-state index in [4.69, 9.17) is 0 Å². The average Bonchev–Trinajstić information content (AvgIpc) is 2.83. The van der Waals surface area contributed by atoms with Crippen LogP contribution in [0.3, 0.4) is 0 Å². The van der Waals surface area contributed by atoms with Gasteiger partial charge in [0.1, 0.15) is 11.5 Å². The Morgan fingerprint density at radius 1 is 1.39 bits per heavy atom. The predicted molar refractivity (Wildman–Crippen MR) is 90.7 cm³/mol. The van der Waals surface area contributed by atoms with Crippen molar-refractivity contribution in [2.45, 2.75) is 12.5 Å². The van der Waals surface area contributed by atoms with Gasteiger partial charge >= 0.3 is 0 Å². The summed E-state index contributed by atoms with van der Waals surface area (Å²) < 4.78 is 15.3. The van der Waals surface area contributed by atoms with Gasteiger partial charge < -0.3 is 10.2 Å². The molecule has 0 aliphatic rings. The van der Waals surface area contributed by atoms with Crippen LogP contribution >= 0.6 is 15.9 Å². The summed E-state index contributed by atoms with van der Waals surface area (Å²) in [6.45, 7) is 0.800. The zero-order valence-electron chi connectivity index (χ0n) is 13.4. The van der Waals surface area contributed by atoms with Gasteiger partial charge in [-0.25, -0.2) is 4.39 Å². The van der Waals surface area contributed by atoms with Gasteiger partial charge in [-0.2, -0.15) is 5.10 Å². The predicted octanol–water partition coefficient (Wildman–Crippen LogP) is 2.74. The molecule has 1 aromatic heterocycles. The van der Waals surface area contributed by atoms with E-state index in [1.807, 2.05) is 19.0 Å². The summed E-state index contributed by atoms with van der Waals surface area (Å²) in [6, 6.07) is 6.02. The van der Waals surface area contributed by atoms with E-state index in [2.05, 4.69) is 26.3 Å². The highest BCUT2D eigenvalue weighted by atomic mass is 79.9. The monoisotopic (exact) mass is 382 g/mol. The zero-order valence-corrected chi connectivity index (χ0v) is 15.0. The molecule has 0 aliphatic heterocycles. The number of benzene rings is 1. The van der Waals surface area contributed by atoms with Crippen molar-refractivity contribution in [2.24, 2.45) is 7.05 Å². The summed E-state index contributed by atoms with van der Waals surface area (Å²) in [5, 5.41) is 7.07. The van der Waals surface area contributed by atoms with Gasteiger partial charge in [-0.1, -0.05) is 12.1 Å². The Morgan fingerprint density at radius 2 is 2.04 bits per heavy atom. The number of hydrogen-bond donors (Lipinski definition) is 1. The molecule has 2 rings (SSSR count). The minimum absolute atomic E-state index is 0.202. The Bertz CT molecular complexity index is 650. The van der Waals surface area contributed by atoms with Crippen molar-refractivity contribution in [3.8, 4) is 0 Å². The molecule has 23 heavy (non-hydrogen) atoms. The number of rotatable bonds is 6. The fourth-order valence-corrected chi connectivity index (χ4v) is 2.83. The first kappa shape index (κ1) is 17.6. The summed E-state index contributed by atoms with van der Waals surface area (Å²) in [6.07, 6.45) is 2.31. The fourth-order valence-electron chi connectivity index (χ4n) is 2.30. The third-order valence-corrected chi connectivity index (χ3v) is 4.13. The number of carbonyl (C=O) groups excluding carboxylic acids is 1. The lowest BCUT2D eigenvalue weighted by Gasteiger charge is -2.21. The van der Waals surface area contributed by atoms with Gasteiger partial charge in [-0.3, -0.25) is 9.48 Å². The van der Waals surface area contributed by atoms with Crippen molar-refractivity contribution in [3.05, 3.63) is 52.0 Å². The number of aromatic nitrogens is 2. The van der Waals surface area contributed by atoms with E-state index < -0.39 is 0 Å². The summed E-state index contributed by atoms with van der Waals surface area (Å²) in [5.74, 6) is -0.509. The molecule has 0 spiro atoms. The molecule has 0 radical (unpaired) electrons. The van der Waals surface area contributed by atoms with Crippen molar-refractivity contribution >= 4 is 21.8 Å². The molecule has 1 atom stereocenters. The smallest absolute Gasteiger partial charge is 0.271 e. The first-order valence-corrected chi connectivity index (χ1v) is 8.06. The quantitative estimate of drug-likeness (QED) is 0.835. The molecule has 1 aromatic carbocycles. The summed E-state index contributed by atoms with van der Waals surface area (Å²) in [4.78, 5) is 14.6. The normalized spacial score (nSPS) is 12.4. The molecular formula is C16H20BrFN4O. The van der Waals surface area contributed by atoms with E-state index in [0.29, 0.717) is 10.2 Å². The maximum absolute atomic E-state index is 13.1. The zero-order chi connectivity index (χ0) is 17.0. The Balaban J connectivity index is 2.20. The number of nitrogens with one attached hydrogen (secondary N) is 1. The van der Waals surface area contributed by atoms with E-state index in [0.717, 1.165) is 18.5 Å². The Morgan fingerprint density at radius 3 is 2.57 bits per heavy atom. The van der Waals surface area contributed by atoms with Crippen LogP contribution in [0.25, 0.3) is 0 Å². The Kier molecular flexibility index (Phi) is 5.90. The number of halogens is 2. The first-order chi connectivity index (χ1) is 10.9. The van der Waals surface area contributed by atoms with Crippen LogP contribution in [0.4, 0.5) is 4.39 Å². The molecule has 5 nitrogen and oxygen atoms in total. The van der Waals surface area contributed by atoms with E-state index in [-0.39, 0.29) is 17.8 Å². The molecule has 0 fully saturated rings. The second kappa shape index (κ2) is 7.70. The average molecular weight is 383 g/mol. The van der Waals surface area contributed by atoms with Crippen LogP contribution in [0.5, 0.6) is 0 Å². The number of carbonyl (C=O) groups is 1. The van der Waals surface area contributed by atoms with E-state index in [1.54, 1.807) is 25.4 Å². The van der Waals surface area contributed by atoms with Gasteiger partial charge in [0.05, 0.1) is 16.7 Å². The molecule has 1 heterocycles. The largest absolute Gasteiger partial charge is 0.344 e. The van der Waals surface area contributed by atoms with Crippen molar-refractivity contribution in [3.63, 3.8) is 0 Å². The van der Waals surface area contributed by atoms with Crippen LogP contribution < -0.4 is 5.32 Å². The Labute approximate surface area is 143 Å². The maximum atomic E-state index is 13.1. The van der Waals surface area contributed by atoms with Gasteiger partial charge in [0, 0.05) is 7.05 Å². The summed E-state index contributed by atoms with van der Waals surface area (Å²) >= 11 is 3.33. The van der Waals surface area contributed by atoms with Crippen LogP contribution in [0.1, 0.15) is 28.5 Å². The first-order valence-electron chi connectivity index (χ1n) is 7.27. The molecule has 0 saturated heterocycles. The molecular weight excluding hydrogens is 363 g/mol. The highest BCUT2D eigenvalue weighted by Gasteiger charge is 2.20. The summed E-state index contributed by atoms with van der Waals surface area (Å²) in [5.41, 5.74) is 1.34. The molecule has 0 aliphatic carbocycles. The highest BCUT2D eigenvalue weighted by Crippen LogP contribution is 2.20. The lowest BCUT2D eigenvalue weighted by molar-refractivity contribution is 0.0922. The van der Waals surface area contributed by atoms with Crippen LogP contribution in [0.15, 0.2) is 34.9 Å². The van der Waals surface area contributed by atoms with Gasteiger partial charge in [-0.15, -0.1) is 0 Å². The highest BCUT2D eigenvalue weighted by molar-refractivity contribution is 9.10. The van der Waals surface area contributed by atoms with Crippen LogP contribution in [-0.2, 0) is 7.05 Å².